The third-order valence-corrected chi connectivity index (χ3v) is 6.88. The highest BCUT2D eigenvalue weighted by Crippen LogP contribution is 2.39. The Morgan fingerprint density at radius 2 is 2.03 bits per heavy atom. The van der Waals surface area contributed by atoms with Gasteiger partial charge in [-0.1, -0.05) is 37.3 Å². The molecule has 164 valence electrons. The number of aromatic nitrogens is 1. The highest BCUT2D eigenvalue weighted by molar-refractivity contribution is 7.99. The number of aliphatic hydroxyl groups is 1. The van der Waals surface area contributed by atoms with Crippen LogP contribution in [0, 0.1) is 0 Å². The SMILES string of the molecule is CCc1cn2c3c(cc(C(=O)N[C@@H](Cc4ccccc4)[C@H](O)CNC)cc13)N(C)SC2. The molecule has 1 aliphatic rings. The van der Waals surface area contributed by atoms with Crippen LogP contribution in [-0.2, 0) is 18.7 Å². The van der Waals surface area contributed by atoms with Crippen molar-refractivity contribution in [3.05, 3.63) is 65.4 Å². The molecule has 0 radical (unpaired) electrons. The molecule has 3 N–H and O–H groups in total. The molecule has 0 unspecified atom stereocenters. The third-order valence-electron chi connectivity index (χ3n) is 5.90. The Labute approximate surface area is 187 Å². The van der Waals surface area contributed by atoms with Crippen LogP contribution in [0.5, 0.6) is 0 Å². The van der Waals surface area contributed by atoms with Gasteiger partial charge in [0.15, 0.2) is 0 Å². The molecule has 2 heterocycles. The van der Waals surface area contributed by atoms with E-state index in [1.54, 1.807) is 19.0 Å². The molecule has 0 aliphatic carbocycles. The Bertz CT molecular complexity index is 1070. The molecule has 0 bridgehead atoms. The molecular weight excluding hydrogens is 408 g/mol. The molecule has 7 heteroatoms. The van der Waals surface area contributed by atoms with Gasteiger partial charge in [0.25, 0.3) is 5.91 Å². The number of anilines is 1. The van der Waals surface area contributed by atoms with Gasteiger partial charge in [0.05, 0.1) is 29.2 Å². The number of benzene rings is 2. The first-order valence-electron chi connectivity index (χ1n) is 10.7. The fourth-order valence-electron chi connectivity index (χ4n) is 4.22. The quantitative estimate of drug-likeness (QED) is 0.471. The molecule has 0 saturated heterocycles. The second kappa shape index (κ2) is 9.34. The Morgan fingerprint density at radius 3 is 2.74 bits per heavy atom. The van der Waals surface area contributed by atoms with Gasteiger partial charge in [0.2, 0.25) is 0 Å². The number of nitrogens with one attached hydrogen (secondary N) is 2. The minimum atomic E-state index is -0.693. The molecule has 1 amide bonds. The number of carbonyl (C=O) groups is 1. The zero-order valence-electron chi connectivity index (χ0n) is 18.3. The van der Waals surface area contributed by atoms with Crippen molar-refractivity contribution in [3.8, 4) is 0 Å². The summed E-state index contributed by atoms with van der Waals surface area (Å²) in [6.07, 6.45) is 2.99. The van der Waals surface area contributed by atoms with E-state index in [2.05, 4.69) is 32.6 Å². The summed E-state index contributed by atoms with van der Waals surface area (Å²) >= 11 is 1.72. The topological polar surface area (TPSA) is 69.5 Å². The van der Waals surface area contributed by atoms with Crippen LogP contribution in [0.1, 0.15) is 28.4 Å². The van der Waals surface area contributed by atoms with Crippen molar-refractivity contribution >= 4 is 34.4 Å². The van der Waals surface area contributed by atoms with Crippen molar-refractivity contribution in [2.24, 2.45) is 0 Å². The fourth-order valence-corrected chi connectivity index (χ4v) is 4.99. The molecule has 6 nitrogen and oxygen atoms in total. The lowest BCUT2D eigenvalue weighted by molar-refractivity contribution is 0.0834. The van der Waals surface area contributed by atoms with E-state index in [1.807, 2.05) is 49.5 Å². The lowest BCUT2D eigenvalue weighted by Crippen LogP contribution is -2.48. The van der Waals surface area contributed by atoms with Crippen LogP contribution < -0.4 is 14.9 Å². The summed E-state index contributed by atoms with van der Waals surface area (Å²) in [4.78, 5) is 13.3. The smallest absolute Gasteiger partial charge is 0.251 e. The Balaban J connectivity index is 1.65. The number of likely N-dealkylation sites (N-methyl/N-ethyl adjacent to an activating group) is 1. The van der Waals surface area contributed by atoms with Crippen molar-refractivity contribution in [1.82, 2.24) is 15.2 Å². The summed E-state index contributed by atoms with van der Waals surface area (Å²) in [6.45, 7) is 2.55. The zero-order valence-corrected chi connectivity index (χ0v) is 19.1. The maximum atomic E-state index is 13.3. The van der Waals surface area contributed by atoms with Crippen LogP contribution in [0.3, 0.4) is 0 Å². The van der Waals surface area contributed by atoms with E-state index in [4.69, 9.17) is 0 Å². The van der Waals surface area contributed by atoms with Crippen LogP contribution >= 0.6 is 11.9 Å². The number of aryl methyl sites for hydroxylation is 1. The van der Waals surface area contributed by atoms with Gasteiger partial charge < -0.3 is 24.6 Å². The van der Waals surface area contributed by atoms with Crippen LogP contribution in [-0.4, -0.2) is 48.4 Å². The second-order valence-electron chi connectivity index (χ2n) is 8.02. The van der Waals surface area contributed by atoms with E-state index in [-0.39, 0.29) is 5.91 Å². The lowest BCUT2D eigenvalue weighted by Gasteiger charge is -2.27. The molecule has 31 heavy (non-hydrogen) atoms. The van der Waals surface area contributed by atoms with Crippen molar-refractivity contribution in [2.75, 3.05) is 24.9 Å². The number of hydrogen-bond acceptors (Lipinski definition) is 5. The minimum Gasteiger partial charge on any atom is -0.390 e. The Hall–Kier alpha value is -2.48. The average molecular weight is 439 g/mol. The molecule has 2 aromatic carbocycles. The van der Waals surface area contributed by atoms with Gasteiger partial charge in [-0.05, 0) is 55.1 Å². The number of carbonyl (C=O) groups excluding carboxylic acids is 1. The molecule has 1 aliphatic heterocycles. The molecule has 3 aromatic rings. The van der Waals surface area contributed by atoms with E-state index in [1.165, 1.54) is 11.1 Å². The first kappa shape index (κ1) is 21.7. The van der Waals surface area contributed by atoms with Crippen molar-refractivity contribution in [2.45, 2.75) is 37.8 Å². The Morgan fingerprint density at radius 1 is 1.26 bits per heavy atom. The molecule has 1 aromatic heterocycles. The lowest BCUT2D eigenvalue weighted by atomic mass is 10.00. The minimum absolute atomic E-state index is 0.159. The maximum Gasteiger partial charge on any atom is 0.251 e. The number of amides is 1. The van der Waals surface area contributed by atoms with E-state index >= 15 is 0 Å². The predicted molar refractivity (Wildman–Crippen MR) is 129 cm³/mol. The maximum absolute atomic E-state index is 13.3. The van der Waals surface area contributed by atoms with Crippen LogP contribution in [0.2, 0.25) is 0 Å². The summed E-state index contributed by atoms with van der Waals surface area (Å²) in [5.74, 6) is 0.717. The molecular formula is C24H30N4O2S. The zero-order chi connectivity index (χ0) is 22.0. The van der Waals surface area contributed by atoms with E-state index < -0.39 is 12.1 Å². The van der Waals surface area contributed by atoms with Crippen LogP contribution in [0.15, 0.2) is 48.7 Å². The summed E-state index contributed by atoms with van der Waals surface area (Å²) < 4.78 is 4.40. The van der Waals surface area contributed by atoms with Gasteiger partial charge in [-0.25, -0.2) is 0 Å². The average Bonchev–Trinajstić information content (AvgIpc) is 3.15. The standard InChI is InChI=1S/C24H30N4O2S/c1-4-17-14-28-15-31-27(3)21-12-18(11-19(17)23(21)28)24(30)26-20(22(29)13-25-2)10-16-8-6-5-7-9-16/h5-9,11-12,14,20,22,25,29H,4,10,13,15H2,1-3H3,(H,26,30)/t20-,22+/m0/s1. The summed E-state index contributed by atoms with van der Waals surface area (Å²) in [5.41, 5.74) is 5.19. The molecule has 4 rings (SSSR count). The summed E-state index contributed by atoms with van der Waals surface area (Å²) in [7, 11) is 3.84. The van der Waals surface area contributed by atoms with Crippen LogP contribution in [0.4, 0.5) is 5.69 Å². The summed E-state index contributed by atoms with van der Waals surface area (Å²) in [6, 6.07) is 13.5. The van der Waals surface area contributed by atoms with E-state index in [0.717, 1.165) is 28.9 Å². The van der Waals surface area contributed by atoms with Crippen molar-refractivity contribution in [1.29, 1.82) is 0 Å². The largest absolute Gasteiger partial charge is 0.390 e. The van der Waals surface area contributed by atoms with Gasteiger partial charge in [-0.3, -0.25) is 4.79 Å². The van der Waals surface area contributed by atoms with Crippen molar-refractivity contribution in [3.63, 3.8) is 0 Å². The second-order valence-corrected chi connectivity index (χ2v) is 9.08. The van der Waals surface area contributed by atoms with Gasteiger partial charge in [0, 0.05) is 30.7 Å². The van der Waals surface area contributed by atoms with E-state index in [0.29, 0.717) is 18.5 Å². The molecule has 0 spiro atoms. The number of rotatable bonds is 8. The predicted octanol–water partition coefficient (Wildman–Crippen LogP) is 3.18. The highest BCUT2D eigenvalue weighted by atomic mass is 32.2. The normalized spacial score (nSPS) is 15.2. The first-order chi connectivity index (χ1) is 15.0. The number of nitrogens with zero attached hydrogens (tertiary/aromatic N) is 2. The van der Waals surface area contributed by atoms with E-state index in [9.17, 15) is 9.90 Å². The van der Waals surface area contributed by atoms with Gasteiger partial charge in [-0.2, -0.15) is 0 Å². The number of hydrogen-bond donors (Lipinski definition) is 3. The summed E-state index contributed by atoms with van der Waals surface area (Å²) in [5, 5.41) is 17.9. The number of aliphatic hydroxyl groups excluding tert-OH is 1. The van der Waals surface area contributed by atoms with Gasteiger partial charge in [-0.15, -0.1) is 0 Å². The molecule has 0 fully saturated rings. The van der Waals surface area contributed by atoms with Crippen molar-refractivity contribution < 1.29 is 9.90 Å². The Kier molecular flexibility index (Phi) is 6.55. The van der Waals surface area contributed by atoms with Crippen LogP contribution in [0.25, 0.3) is 10.9 Å². The molecule has 0 saturated carbocycles. The molecule has 2 atom stereocenters. The third kappa shape index (κ3) is 4.44. The van der Waals surface area contributed by atoms with Gasteiger partial charge in [0.1, 0.15) is 0 Å². The first-order valence-corrected chi connectivity index (χ1v) is 11.7. The highest BCUT2D eigenvalue weighted by Gasteiger charge is 2.25. The monoisotopic (exact) mass is 438 g/mol. The van der Waals surface area contributed by atoms with Gasteiger partial charge >= 0.3 is 0 Å². The fraction of sp³-hybridized carbons (Fsp3) is 0.375.